The van der Waals surface area contributed by atoms with E-state index >= 15 is 0 Å². The molecular weight excluding hydrogens is 274 g/mol. The molecule has 0 aromatic carbocycles. The van der Waals surface area contributed by atoms with Crippen molar-refractivity contribution >= 4 is 5.95 Å². The fraction of sp³-hybridized carbons (Fsp3) is 0.765. The third kappa shape index (κ3) is 2.84. The highest BCUT2D eigenvalue weighted by Gasteiger charge is 2.34. The first-order valence-corrected chi connectivity index (χ1v) is 8.84. The summed E-state index contributed by atoms with van der Waals surface area (Å²) in [6.07, 6.45) is 7.22. The zero-order valence-corrected chi connectivity index (χ0v) is 13.6. The molecule has 1 aromatic heterocycles. The number of hydrogen-bond donors (Lipinski definition) is 0. The van der Waals surface area contributed by atoms with E-state index in [-0.39, 0.29) is 0 Å². The molecule has 5 nitrogen and oxygen atoms in total. The molecule has 4 heterocycles. The topological polar surface area (TPSA) is 35.5 Å². The number of hydrogen-bond acceptors (Lipinski definition) is 5. The van der Waals surface area contributed by atoms with Crippen molar-refractivity contribution < 1.29 is 0 Å². The van der Waals surface area contributed by atoms with Crippen LogP contribution in [0.2, 0.25) is 0 Å². The molecule has 3 aliphatic heterocycles. The lowest BCUT2D eigenvalue weighted by atomic mass is 10.1. The van der Waals surface area contributed by atoms with Crippen molar-refractivity contribution in [2.45, 2.75) is 51.2 Å². The second-order valence-electron chi connectivity index (χ2n) is 7.11. The Hall–Kier alpha value is -1.20. The fourth-order valence-corrected chi connectivity index (χ4v) is 4.22. The molecule has 3 saturated heterocycles. The van der Waals surface area contributed by atoms with Gasteiger partial charge in [-0.3, -0.25) is 9.80 Å². The maximum atomic E-state index is 4.83. The number of rotatable bonds is 3. The van der Waals surface area contributed by atoms with Gasteiger partial charge in [-0.05, 0) is 45.2 Å². The van der Waals surface area contributed by atoms with Crippen molar-refractivity contribution in [1.82, 2.24) is 19.8 Å². The minimum Gasteiger partial charge on any atom is -0.341 e. The first-order valence-electron chi connectivity index (χ1n) is 8.84. The SMILES string of the molecule is C[C@H]1CN2CCC[C@@H]2CN1Cc1ccnc(N2CCCC2)n1. The van der Waals surface area contributed by atoms with E-state index in [2.05, 4.69) is 32.7 Å². The van der Waals surface area contributed by atoms with Gasteiger partial charge in [0.05, 0.1) is 5.69 Å². The molecule has 5 heteroatoms. The number of fused-ring (bicyclic) bond motifs is 1. The van der Waals surface area contributed by atoms with Gasteiger partial charge in [0.25, 0.3) is 0 Å². The standard InChI is InChI=1S/C17H27N5/c1-14-11-21-10-4-5-16(21)13-22(14)12-15-6-7-18-17(19-15)20-8-2-3-9-20/h6-7,14,16H,2-5,8-13H2,1H3/t14-,16+/m0/s1. The largest absolute Gasteiger partial charge is 0.341 e. The van der Waals surface area contributed by atoms with Crippen molar-refractivity contribution in [1.29, 1.82) is 0 Å². The van der Waals surface area contributed by atoms with Gasteiger partial charge in [0.1, 0.15) is 0 Å². The van der Waals surface area contributed by atoms with Crippen LogP contribution in [-0.4, -0.2) is 64.6 Å². The molecule has 0 N–H and O–H groups in total. The lowest BCUT2D eigenvalue weighted by molar-refractivity contribution is 0.0532. The first-order chi connectivity index (χ1) is 10.8. The Labute approximate surface area is 133 Å². The molecule has 0 radical (unpaired) electrons. The molecule has 1 aromatic rings. The summed E-state index contributed by atoms with van der Waals surface area (Å²) in [6, 6.07) is 3.49. The van der Waals surface area contributed by atoms with Crippen LogP contribution < -0.4 is 4.90 Å². The van der Waals surface area contributed by atoms with E-state index in [4.69, 9.17) is 4.98 Å². The van der Waals surface area contributed by atoms with Crippen LogP contribution in [0.25, 0.3) is 0 Å². The van der Waals surface area contributed by atoms with Gasteiger partial charge < -0.3 is 4.90 Å². The smallest absolute Gasteiger partial charge is 0.225 e. The number of aromatic nitrogens is 2. The van der Waals surface area contributed by atoms with Gasteiger partial charge >= 0.3 is 0 Å². The summed E-state index contributed by atoms with van der Waals surface area (Å²) in [5.41, 5.74) is 1.18. The van der Waals surface area contributed by atoms with Gasteiger partial charge in [0.2, 0.25) is 5.95 Å². The summed E-state index contributed by atoms with van der Waals surface area (Å²) >= 11 is 0. The normalized spacial score (nSPS) is 30.0. The summed E-state index contributed by atoms with van der Waals surface area (Å²) in [5.74, 6) is 0.933. The molecule has 0 unspecified atom stereocenters. The average Bonchev–Trinajstić information content (AvgIpc) is 3.19. The van der Waals surface area contributed by atoms with E-state index in [1.807, 2.05) is 6.20 Å². The van der Waals surface area contributed by atoms with Crippen molar-refractivity contribution in [3.63, 3.8) is 0 Å². The van der Waals surface area contributed by atoms with Crippen LogP contribution in [0, 0.1) is 0 Å². The van der Waals surface area contributed by atoms with E-state index in [1.54, 1.807) is 0 Å². The Morgan fingerprint density at radius 1 is 1.14 bits per heavy atom. The molecule has 3 aliphatic rings. The number of anilines is 1. The molecule has 0 amide bonds. The van der Waals surface area contributed by atoms with Crippen molar-refractivity contribution in [3.05, 3.63) is 18.0 Å². The molecule has 0 spiro atoms. The van der Waals surface area contributed by atoms with Crippen LogP contribution in [0.5, 0.6) is 0 Å². The summed E-state index contributed by atoms with van der Waals surface area (Å²) in [4.78, 5) is 16.9. The summed E-state index contributed by atoms with van der Waals surface area (Å²) < 4.78 is 0. The Morgan fingerprint density at radius 2 is 2.00 bits per heavy atom. The predicted octanol–water partition coefficient (Wildman–Crippen LogP) is 1.75. The Kier molecular flexibility index (Phi) is 4.01. The highest BCUT2D eigenvalue weighted by atomic mass is 15.3. The molecule has 2 atom stereocenters. The van der Waals surface area contributed by atoms with Crippen LogP contribution in [-0.2, 0) is 6.54 Å². The van der Waals surface area contributed by atoms with E-state index in [1.165, 1.54) is 51.0 Å². The molecule has 0 saturated carbocycles. The molecular formula is C17H27N5. The fourth-order valence-electron chi connectivity index (χ4n) is 4.22. The quantitative estimate of drug-likeness (QED) is 0.850. The second kappa shape index (κ2) is 6.13. The summed E-state index contributed by atoms with van der Waals surface area (Å²) in [6.45, 7) is 9.27. The Morgan fingerprint density at radius 3 is 2.86 bits per heavy atom. The van der Waals surface area contributed by atoms with Crippen LogP contribution in [0.4, 0.5) is 5.95 Å². The molecule has 4 rings (SSSR count). The van der Waals surface area contributed by atoms with Crippen molar-refractivity contribution in [2.24, 2.45) is 0 Å². The van der Waals surface area contributed by atoms with Crippen LogP contribution in [0.15, 0.2) is 12.3 Å². The van der Waals surface area contributed by atoms with Crippen molar-refractivity contribution in [2.75, 3.05) is 37.6 Å². The summed E-state index contributed by atoms with van der Waals surface area (Å²) in [5, 5.41) is 0. The maximum absolute atomic E-state index is 4.83. The van der Waals surface area contributed by atoms with E-state index in [0.29, 0.717) is 6.04 Å². The lowest BCUT2D eigenvalue weighted by Gasteiger charge is -2.42. The zero-order valence-electron chi connectivity index (χ0n) is 13.6. The molecule has 120 valence electrons. The molecule has 0 bridgehead atoms. The third-order valence-electron chi connectivity index (χ3n) is 5.52. The van der Waals surface area contributed by atoms with Crippen molar-refractivity contribution in [3.8, 4) is 0 Å². The van der Waals surface area contributed by atoms with Gasteiger partial charge in [-0.1, -0.05) is 0 Å². The molecule has 0 aliphatic carbocycles. The van der Waals surface area contributed by atoms with Crippen LogP contribution in [0.3, 0.4) is 0 Å². The van der Waals surface area contributed by atoms with Gasteiger partial charge in [0, 0.05) is 51.0 Å². The monoisotopic (exact) mass is 301 g/mol. The van der Waals surface area contributed by atoms with Gasteiger partial charge in [0.15, 0.2) is 0 Å². The lowest BCUT2D eigenvalue weighted by Crippen LogP contribution is -2.54. The van der Waals surface area contributed by atoms with Crippen LogP contribution in [0.1, 0.15) is 38.3 Å². The minimum atomic E-state index is 0.625. The minimum absolute atomic E-state index is 0.625. The summed E-state index contributed by atoms with van der Waals surface area (Å²) in [7, 11) is 0. The van der Waals surface area contributed by atoms with Gasteiger partial charge in [-0.25, -0.2) is 9.97 Å². The van der Waals surface area contributed by atoms with E-state index < -0.39 is 0 Å². The number of piperazine rings is 1. The Bertz CT molecular complexity index is 514. The van der Waals surface area contributed by atoms with Crippen LogP contribution >= 0.6 is 0 Å². The second-order valence-corrected chi connectivity index (χ2v) is 7.11. The van der Waals surface area contributed by atoms with E-state index in [0.717, 1.165) is 31.6 Å². The highest BCUT2D eigenvalue weighted by Crippen LogP contribution is 2.25. The number of nitrogens with zero attached hydrogens (tertiary/aromatic N) is 5. The van der Waals surface area contributed by atoms with Gasteiger partial charge in [-0.15, -0.1) is 0 Å². The average molecular weight is 301 g/mol. The molecule has 22 heavy (non-hydrogen) atoms. The first kappa shape index (κ1) is 14.4. The molecule has 3 fully saturated rings. The van der Waals surface area contributed by atoms with Gasteiger partial charge in [-0.2, -0.15) is 0 Å². The highest BCUT2D eigenvalue weighted by molar-refractivity contribution is 5.31. The van der Waals surface area contributed by atoms with E-state index in [9.17, 15) is 0 Å². The predicted molar refractivity (Wildman–Crippen MR) is 87.9 cm³/mol. The maximum Gasteiger partial charge on any atom is 0.225 e. The Balaban J connectivity index is 1.45. The third-order valence-corrected chi connectivity index (χ3v) is 5.52. The zero-order chi connectivity index (χ0) is 14.9.